The third kappa shape index (κ3) is 2.07. The highest BCUT2D eigenvalue weighted by atomic mass is 32.2. The zero-order valence-corrected chi connectivity index (χ0v) is 9.47. The largest absolute Gasteiger partial charge is 0.354 e. The van der Waals surface area contributed by atoms with Crippen LogP contribution in [0, 0.1) is 6.92 Å². The van der Waals surface area contributed by atoms with Gasteiger partial charge in [0.05, 0.1) is 11.9 Å². The van der Waals surface area contributed by atoms with Gasteiger partial charge in [-0.05, 0) is 6.92 Å². The van der Waals surface area contributed by atoms with E-state index >= 15 is 0 Å². The monoisotopic (exact) mass is 244 g/mol. The van der Waals surface area contributed by atoms with Crippen LogP contribution in [-0.4, -0.2) is 37.1 Å². The average molecular weight is 244 g/mol. The molecule has 0 aliphatic carbocycles. The standard InChI is InChI=1S/C8H12N4O3S/c1-5-7(4-10-11-5)16(14,15)12-6-2-8(13)9-3-6/h4,6,12H,2-3H2,1H3,(H,9,13)(H,10,11). The molecule has 2 heterocycles. The second-order valence-corrected chi connectivity index (χ2v) is 5.37. The summed E-state index contributed by atoms with van der Waals surface area (Å²) in [7, 11) is -3.59. The van der Waals surface area contributed by atoms with Gasteiger partial charge in [0.15, 0.2) is 0 Å². The molecule has 1 aromatic rings. The van der Waals surface area contributed by atoms with Crippen molar-refractivity contribution in [1.82, 2.24) is 20.2 Å². The molecule has 0 aromatic carbocycles. The van der Waals surface area contributed by atoms with Gasteiger partial charge in [-0.3, -0.25) is 9.89 Å². The van der Waals surface area contributed by atoms with E-state index in [1.165, 1.54) is 6.20 Å². The molecule has 1 saturated heterocycles. The number of sulfonamides is 1. The van der Waals surface area contributed by atoms with E-state index in [0.29, 0.717) is 12.2 Å². The molecule has 1 amide bonds. The number of H-pyrrole nitrogens is 1. The minimum absolute atomic E-state index is 0.117. The first-order chi connectivity index (χ1) is 7.49. The van der Waals surface area contributed by atoms with E-state index in [-0.39, 0.29) is 23.3 Å². The number of nitrogens with zero attached hydrogens (tertiary/aromatic N) is 1. The van der Waals surface area contributed by atoms with Crippen molar-refractivity contribution in [2.75, 3.05) is 6.54 Å². The van der Waals surface area contributed by atoms with Gasteiger partial charge in [-0.25, -0.2) is 13.1 Å². The highest BCUT2D eigenvalue weighted by molar-refractivity contribution is 7.89. The van der Waals surface area contributed by atoms with Crippen LogP contribution in [0.3, 0.4) is 0 Å². The van der Waals surface area contributed by atoms with Crippen LogP contribution in [0.2, 0.25) is 0 Å². The van der Waals surface area contributed by atoms with E-state index < -0.39 is 10.0 Å². The molecule has 1 aliphatic heterocycles. The van der Waals surface area contributed by atoms with Crippen molar-refractivity contribution < 1.29 is 13.2 Å². The van der Waals surface area contributed by atoms with Gasteiger partial charge in [0.2, 0.25) is 15.9 Å². The molecular weight excluding hydrogens is 232 g/mol. The van der Waals surface area contributed by atoms with E-state index in [0.717, 1.165) is 0 Å². The summed E-state index contributed by atoms with van der Waals surface area (Å²) in [6, 6.07) is -0.383. The lowest BCUT2D eigenvalue weighted by molar-refractivity contribution is -0.119. The second-order valence-electron chi connectivity index (χ2n) is 3.69. The molecule has 1 aromatic heterocycles. The Morgan fingerprint density at radius 2 is 2.31 bits per heavy atom. The van der Waals surface area contributed by atoms with E-state index in [4.69, 9.17) is 0 Å². The zero-order chi connectivity index (χ0) is 11.8. The SMILES string of the molecule is Cc1[nH]ncc1S(=O)(=O)NC1CNC(=O)C1. The maximum Gasteiger partial charge on any atom is 0.244 e. The van der Waals surface area contributed by atoms with Gasteiger partial charge >= 0.3 is 0 Å². The minimum atomic E-state index is -3.59. The van der Waals surface area contributed by atoms with Crippen molar-refractivity contribution in [2.45, 2.75) is 24.3 Å². The van der Waals surface area contributed by atoms with Crippen molar-refractivity contribution in [3.63, 3.8) is 0 Å². The molecular formula is C8H12N4O3S. The number of hydrogen-bond donors (Lipinski definition) is 3. The van der Waals surface area contributed by atoms with E-state index in [1.807, 2.05) is 0 Å². The summed E-state index contributed by atoms with van der Waals surface area (Å²) in [6.07, 6.45) is 1.43. The first kappa shape index (κ1) is 11.1. The van der Waals surface area contributed by atoms with Gasteiger partial charge in [0.25, 0.3) is 0 Å². The van der Waals surface area contributed by atoms with Crippen LogP contribution >= 0.6 is 0 Å². The molecule has 1 aliphatic rings. The molecule has 0 saturated carbocycles. The number of aromatic nitrogens is 2. The summed E-state index contributed by atoms with van der Waals surface area (Å²) >= 11 is 0. The zero-order valence-electron chi connectivity index (χ0n) is 8.65. The fourth-order valence-electron chi connectivity index (χ4n) is 1.58. The number of rotatable bonds is 3. The van der Waals surface area contributed by atoms with Crippen LogP contribution in [0.5, 0.6) is 0 Å². The molecule has 0 bridgehead atoms. The maximum atomic E-state index is 11.9. The fourth-order valence-corrected chi connectivity index (χ4v) is 2.95. The first-order valence-electron chi connectivity index (χ1n) is 4.78. The van der Waals surface area contributed by atoms with Crippen molar-refractivity contribution in [1.29, 1.82) is 0 Å². The number of carbonyl (C=O) groups is 1. The highest BCUT2D eigenvalue weighted by Crippen LogP contribution is 2.12. The number of hydrogen-bond acceptors (Lipinski definition) is 4. The van der Waals surface area contributed by atoms with Crippen LogP contribution in [0.4, 0.5) is 0 Å². The van der Waals surface area contributed by atoms with Gasteiger partial charge in [-0.15, -0.1) is 0 Å². The van der Waals surface area contributed by atoms with E-state index in [2.05, 4.69) is 20.2 Å². The van der Waals surface area contributed by atoms with Crippen LogP contribution in [0.25, 0.3) is 0 Å². The first-order valence-corrected chi connectivity index (χ1v) is 6.26. The topological polar surface area (TPSA) is 104 Å². The predicted molar refractivity (Wildman–Crippen MR) is 55.1 cm³/mol. The highest BCUT2D eigenvalue weighted by Gasteiger charge is 2.28. The predicted octanol–water partition coefficient (Wildman–Crippen LogP) is -1.12. The Labute approximate surface area is 92.7 Å². The van der Waals surface area contributed by atoms with Gasteiger partial charge in [0.1, 0.15) is 4.90 Å². The molecule has 1 fully saturated rings. The summed E-state index contributed by atoms with van der Waals surface area (Å²) in [5.74, 6) is -0.142. The lowest BCUT2D eigenvalue weighted by Gasteiger charge is -2.10. The number of amides is 1. The Balaban J connectivity index is 2.15. The number of carbonyl (C=O) groups excluding carboxylic acids is 1. The van der Waals surface area contributed by atoms with Gasteiger partial charge in [0, 0.05) is 19.0 Å². The molecule has 16 heavy (non-hydrogen) atoms. The summed E-state index contributed by atoms with van der Waals surface area (Å²) in [6.45, 7) is 1.95. The van der Waals surface area contributed by atoms with Crippen molar-refractivity contribution in [2.24, 2.45) is 0 Å². The molecule has 88 valence electrons. The number of aromatic amines is 1. The van der Waals surface area contributed by atoms with Gasteiger partial charge in [-0.2, -0.15) is 5.10 Å². The van der Waals surface area contributed by atoms with E-state index in [9.17, 15) is 13.2 Å². The maximum absolute atomic E-state index is 11.9. The number of aryl methyl sites for hydroxylation is 1. The molecule has 8 heteroatoms. The van der Waals surface area contributed by atoms with Crippen molar-refractivity contribution >= 4 is 15.9 Å². The molecule has 0 spiro atoms. The molecule has 2 rings (SSSR count). The summed E-state index contributed by atoms with van der Waals surface area (Å²) in [5.41, 5.74) is 0.477. The summed E-state index contributed by atoms with van der Waals surface area (Å²) in [5, 5.41) is 8.77. The average Bonchev–Trinajstić information content (AvgIpc) is 2.74. The van der Waals surface area contributed by atoms with Crippen LogP contribution < -0.4 is 10.0 Å². The second kappa shape index (κ2) is 3.87. The van der Waals surface area contributed by atoms with Gasteiger partial charge in [-0.1, -0.05) is 0 Å². The Bertz CT molecular complexity index is 507. The minimum Gasteiger partial charge on any atom is -0.354 e. The number of nitrogens with one attached hydrogen (secondary N) is 3. The Hall–Kier alpha value is -1.41. The Kier molecular flexibility index (Phi) is 2.68. The van der Waals surface area contributed by atoms with Crippen LogP contribution in [-0.2, 0) is 14.8 Å². The van der Waals surface area contributed by atoms with Crippen LogP contribution in [0.1, 0.15) is 12.1 Å². The van der Waals surface area contributed by atoms with Crippen LogP contribution in [0.15, 0.2) is 11.1 Å². The van der Waals surface area contributed by atoms with E-state index in [1.54, 1.807) is 6.92 Å². The molecule has 0 radical (unpaired) electrons. The fraction of sp³-hybridized carbons (Fsp3) is 0.500. The quantitative estimate of drug-likeness (QED) is 0.626. The Morgan fingerprint density at radius 3 is 2.81 bits per heavy atom. The van der Waals surface area contributed by atoms with Crippen molar-refractivity contribution in [3.05, 3.63) is 11.9 Å². The lowest BCUT2D eigenvalue weighted by atomic mass is 10.3. The van der Waals surface area contributed by atoms with Crippen molar-refractivity contribution in [3.8, 4) is 0 Å². The normalized spacial score (nSPS) is 21.1. The Morgan fingerprint density at radius 1 is 1.56 bits per heavy atom. The smallest absolute Gasteiger partial charge is 0.244 e. The summed E-state index contributed by atoms with van der Waals surface area (Å²) < 4.78 is 26.2. The molecule has 1 atom stereocenters. The third-order valence-electron chi connectivity index (χ3n) is 2.37. The third-order valence-corrected chi connectivity index (χ3v) is 4.01. The molecule has 3 N–H and O–H groups in total. The van der Waals surface area contributed by atoms with Gasteiger partial charge < -0.3 is 5.32 Å². The molecule has 7 nitrogen and oxygen atoms in total. The molecule has 1 unspecified atom stereocenters. The lowest BCUT2D eigenvalue weighted by Crippen LogP contribution is -2.36. The summed E-state index contributed by atoms with van der Waals surface area (Å²) in [4.78, 5) is 11.0.